The lowest BCUT2D eigenvalue weighted by Crippen LogP contribution is -2.28. The Bertz CT molecular complexity index is 1660. The Morgan fingerprint density at radius 3 is 1.18 bits per heavy atom. The van der Waals surface area contributed by atoms with Crippen molar-refractivity contribution in [3.05, 3.63) is 71.8 Å². The van der Waals surface area contributed by atoms with Crippen LogP contribution in [0.4, 0.5) is 26.3 Å². The maximum absolute atomic E-state index is 12.9. The van der Waals surface area contributed by atoms with Crippen molar-refractivity contribution in [3.63, 3.8) is 0 Å². The second-order valence-electron chi connectivity index (χ2n) is 8.25. The van der Waals surface area contributed by atoms with Gasteiger partial charge in [0.25, 0.3) is 0 Å². The zero-order valence-electron chi connectivity index (χ0n) is 19.3. The van der Waals surface area contributed by atoms with Gasteiger partial charge in [0.15, 0.2) is 0 Å². The van der Waals surface area contributed by atoms with Crippen LogP contribution in [0.25, 0.3) is 32.7 Å². The molecule has 0 amide bonds. The van der Waals surface area contributed by atoms with E-state index in [4.69, 9.17) is 0 Å². The molecule has 0 radical (unpaired) electrons. The lowest BCUT2D eigenvalue weighted by atomic mass is 9.88. The number of benzene rings is 4. The summed E-state index contributed by atoms with van der Waals surface area (Å²) >= 11 is 0. The maximum Gasteiger partial charge on any atom is 0.534 e. The quantitative estimate of drug-likeness (QED) is 0.148. The Morgan fingerprint density at radius 1 is 0.553 bits per heavy atom. The number of halogens is 6. The van der Waals surface area contributed by atoms with Crippen LogP contribution in [0.15, 0.2) is 60.7 Å². The van der Waals surface area contributed by atoms with Crippen LogP contribution >= 0.6 is 0 Å². The van der Waals surface area contributed by atoms with Gasteiger partial charge in [-0.05, 0) is 81.9 Å². The summed E-state index contributed by atoms with van der Waals surface area (Å²) in [5.41, 5.74) is -9.32. The molecule has 0 aliphatic heterocycles. The fraction of sp³-hybridized carbons (Fsp3) is 0.167. The number of alkyl halides is 6. The van der Waals surface area contributed by atoms with E-state index in [0.717, 1.165) is 24.3 Å². The largest absolute Gasteiger partial charge is 0.534 e. The highest BCUT2D eigenvalue weighted by Crippen LogP contribution is 2.41. The second-order valence-corrected chi connectivity index (χ2v) is 11.3. The molecule has 4 rings (SSSR count). The summed E-state index contributed by atoms with van der Waals surface area (Å²) in [7, 11) is -11.9. The summed E-state index contributed by atoms with van der Waals surface area (Å²) in [4.78, 5) is 0. The van der Waals surface area contributed by atoms with Crippen LogP contribution < -0.4 is 8.37 Å². The highest BCUT2D eigenvalue weighted by Gasteiger charge is 2.49. The molecule has 0 aliphatic carbocycles. The van der Waals surface area contributed by atoms with E-state index in [0.29, 0.717) is 33.0 Å². The third-order valence-corrected chi connectivity index (χ3v) is 7.59. The number of fused-ring (bicyclic) bond motifs is 2. The minimum atomic E-state index is -5.95. The van der Waals surface area contributed by atoms with Gasteiger partial charge in [-0.3, -0.25) is 0 Å². The smallest absolute Gasteiger partial charge is 0.376 e. The fourth-order valence-corrected chi connectivity index (χ4v) is 4.83. The Balaban J connectivity index is 1.97. The summed E-state index contributed by atoms with van der Waals surface area (Å²) < 4.78 is 132. The lowest BCUT2D eigenvalue weighted by Gasteiger charge is -2.18. The molecule has 0 aliphatic rings. The minimum Gasteiger partial charge on any atom is -0.376 e. The van der Waals surface area contributed by atoms with Crippen LogP contribution in [0.2, 0.25) is 0 Å². The van der Waals surface area contributed by atoms with E-state index < -0.39 is 42.8 Å². The molecule has 0 fully saturated rings. The number of aryl methyl sites for hydroxylation is 2. The molecule has 0 heterocycles. The normalized spacial score (nSPS) is 13.2. The zero-order valence-corrected chi connectivity index (χ0v) is 20.9. The predicted molar refractivity (Wildman–Crippen MR) is 128 cm³/mol. The minimum absolute atomic E-state index is 0.282. The van der Waals surface area contributed by atoms with Gasteiger partial charge in [-0.25, -0.2) is 0 Å². The van der Waals surface area contributed by atoms with E-state index in [1.54, 1.807) is 38.1 Å². The van der Waals surface area contributed by atoms with Crippen LogP contribution in [0.3, 0.4) is 0 Å². The first-order chi connectivity index (χ1) is 17.4. The standard InChI is InChI=1S/C24H16F6O6S2/c1-13-3-5-15-7-9-17(35-37(31,32)23(25,26)27)11-19(15)21(13)22-14(2)4-6-16-8-10-18(12-20(16)22)36-38(33,34)24(28,29)30/h3-12H,1-2H3. The molecule has 0 spiro atoms. The third kappa shape index (κ3) is 4.97. The van der Waals surface area contributed by atoms with Gasteiger partial charge in [-0.15, -0.1) is 0 Å². The third-order valence-electron chi connectivity index (χ3n) is 5.63. The van der Waals surface area contributed by atoms with Crippen molar-refractivity contribution in [1.29, 1.82) is 0 Å². The molecule has 38 heavy (non-hydrogen) atoms. The van der Waals surface area contributed by atoms with Crippen molar-refractivity contribution in [3.8, 4) is 22.6 Å². The lowest BCUT2D eigenvalue weighted by molar-refractivity contribution is -0.0504. The van der Waals surface area contributed by atoms with E-state index in [1.165, 1.54) is 12.1 Å². The molecule has 0 bridgehead atoms. The van der Waals surface area contributed by atoms with Gasteiger partial charge in [0, 0.05) is 0 Å². The molecule has 14 heteroatoms. The average molecular weight is 579 g/mol. The van der Waals surface area contributed by atoms with Gasteiger partial charge >= 0.3 is 31.3 Å². The van der Waals surface area contributed by atoms with E-state index in [1.807, 2.05) is 0 Å². The summed E-state index contributed by atoms with van der Waals surface area (Å²) in [6.45, 7) is 3.34. The Kier molecular flexibility index (Phi) is 6.55. The molecule has 0 saturated heterocycles. The number of hydrogen-bond acceptors (Lipinski definition) is 6. The highest BCUT2D eigenvalue weighted by atomic mass is 32.2. The molecule has 0 saturated carbocycles. The van der Waals surface area contributed by atoms with Crippen molar-refractivity contribution >= 4 is 41.8 Å². The van der Waals surface area contributed by atoms with E-state index in [2.05, 4.69) is 8.37 Å². The molecule has 4 aromatic rings. The first kappa shape index (κ1) is 27.5. The summed E-state index contributed by atoms with van der Waals surface area (Å²) in [5.74, 6) is -1.22. The summed E-state index contributed by atoms with van der Waals surface area (Å²) in [5, 5.41) is 1.55. The summed E-state index contributed by atoms with van der Waals surface area (Å²) in [6, 6.07) is 13.7. The fourth-order valence-electron chi connectivity index (χ4n) is 3.93. The van der Waals surface area contributed by atoms with Crippen LogP contribution in [-0.4, -0.2) is 27.9 Å². The topological polar surface area (TPSA) is 86.7 Å². The average Bonchev–Trinajstić information content (AvgIpc) is 2.78. The van der Waals surface area contributed by atoms with Gasteiger partial charge in [0.1, 0.15) is 11.5 Å². The Hall–Kier alpha value is -3.52. The van der Waals surface area contributed by atoms with Crippen molar-refractivity contribution in [1.82, 2.24) is 0 Å². The maximum atomic E-state index is 12.9. The number of hydrogen-bond donors (Lipinski definition) is 0. The molecular formula is C24H16F6O6S2. The zero-order chi connectivity index (χ0) is 28.3. The first-order valence-corrected chi connectivity index (χ1v) is 13.3. The van der Waals surface area contributed by atoms with Gasteiger partial charge < -0.3 is 8.37 Å². The molecule has 0 aromatic heterocycles. The number of rotatable bonds is 5. The van der Waals surface area contributed by atoms with Crippen LogP contribution in [0.5, 0.6) is 11.5 Å². The Labute approximate surface area is 212 Å². The SMILES string of the molecule is Cc1ccc2ccc(OS(=O)(=O)C(F)(F)F)cc2c1-c1c(C)ccc2ccc(OS(=O)(=O)C(F)(F)F)cc12. The molecule has 0 N–H and O–H groups in total. The van der Waals surface area contributed by atoms with Crippen LogP contribution in [0.1, 0.15) is 11.1 Å². The van der Waals surface area contributed by atoms with Gasteiger partial charge in [-0.2, -0.15) is 43.2 Å². The van der Waals surface area contributed by atoms with Crippen molar-refractivity contribution in [2.24, 2.45) is 0 Å². The monoisotopic (exact) mass is 578 g/mol. The van der Waals surface area contributed by atoms with Crippen molar-refractivity contribution < 1.29 is 51.5 Å². The van der Waals surface area contributed by atoms with Crippen molar-refractivity contribution in [2.45, 2.75) is 24.9 Å². The van der Waals surface area contributed by atoms with Crippen LogP contribution in [0, 0.1) is 13.8 Å². The molecule has 202 valence electrons. The summed E-state index contributed by atoms with van der Waals surface area (Å²) in [6.07, 6.45) is 0. The molecule has 0 unspecified atom stereocenters. The van der Waals surface area contributed by atoms with E-state index in [9.17, 15) is 43.2 Å². The van der Waals surface area contributed by atoms with Gasteiger partial charge in [0.2, 0.25) is 0 Å². The van der Waals surface area contributed by atoms with Crippen LogP contribution in [-0.2, 0) is 20.2 Å². The second kappa shape index (κ2) is 9.05. The van der Waals surface area contributed by atoms with E-state index >= 15 is 0 Å². The first-order valence-electron chi connectivity index (χ1n) is 10.5. The van der Waals surface area contributed by atoms with Crippen molar-refractivity contribution in [2.75, 3.05) is 0 Å². The Morgan fingerprint density at radius 2 is 0.868 bits per heavy atom. The predicted octanol–water partition coefficient (Wildman–Crippen LogP) is 6.73. The van der Waals surface area contributed by atoms with Gasteiger partial charge in [-0.1, -0.05) is 36.4 Å². The highest BCUT2D eigenvalue weighted by molar-refractivity contribution is 7.88. The molecular weight excluding hydrogens is 562 g/mol. The molecule has 6 nitrogen and oxygen atoms in total. The molecule has 4 aromatic carbocycles. The van der Waals surface area contributed by atoms with E-state index in [-0.39, 0.29) is 10.8 Å². The van der Waals surface area contributed by atoms with Gasteiger partial charge in [0.05, 0.1) is 0 Å². The molecule has 0 atom stereocenters.